The molecule has 0 atom stereocenters. The van der Waals surface area contributed by atoms with Crippen LogP contribution in [0.2, 0.25) is 0 Å². The molecule has 140 valence electrons. The van der Waals surface area contributed by atoms with Gasteiger partial charge in [-0.25, -0.2) is 4.79 Å². The fraction of sp³-hybridized carbons (Fsp3) is 0.278. The molecule has 2 aromatic carbocycles. The predicted octanol–water partition coefficient (Wildman–Crippen LogP) is 4.34. The summed E-state index contributed by atoms with van der Waals surface area (Å²) in [5.41, 5.74) is -0.384. The van der Waals surface area contributed by atoms with Gasteiger partial charge < -0.3 is 20.1 Å². The molecule has 0 bridgehead atoms. The molecule has 0 aromatic heterocycles. The number of hydrogen-bond donors (Lipinski definition) is 2. The van der Waals surface area contributed by atoms with E-state index in [1.165, 1.54) is 47.4 Å². The van der Waals surface area contributed by atoms with Gasteiger partial charge in [-0.2, -0.15) is 13.2 Å². The third-order valence-corrected chi connectivity index (χ3v) is 3.52. The summed E-state index contributed by atoms with van der Waals surface area (Å²) in [6.07, 6.45) is -4.04. The second-order valence-electron chi connectivity index (χ2n) is 5.55. The molecule has 2 N–H and O–H groups in total. The predicted molar refractivity (Wildman–Crippen MR) is 91.3 cm³/mol. The summed E-state index contributed by atoms with van der Waals surface area (Å²) in [7, 11) is 1.59. The van der Waals surface area contributed by atoms with Crippen molar-refractivity contribution in [3.63, 3.8) is 0 Å². The lowest BCUT2D eigenvalue weighted by molar-refractivity contribution is -0.138. The Hall–Kier alpha value is -2.74. The van der Waals surface area contributed by atoms with E-state index in [-0.39, 0.29) is 24.1 Å². The number of urea groups is 1. The fourth-order valence-corrected chi connectivity index (χ4v) is 2.15. The zero-order chi connectivity index (χ0) is 19.2. The van der Waals surface area contributed by atoms with Crippen LogP contribution < -0.4 is 10.1 Å². The molecule has 0 aliphatic heterocycles. The Bertz CT molecular complexity index is 733. The van der Waals surface area contributed by atoms with Crippen LogP contribution in [-0.2, 0) is 6.18 Å². The minimum Gasteiger partial charge on any atom is -0.457 e. The van der Waals surface area contributed by atoms with Crippen molar-refractivity contribution in [2.75, 3.05) is 25.5 Å². The summed E-state index contributed by atoms with van der Waals surface area (Å²) >= 11 is 0. The molecule has 0 saturated heterocycles. The highest BCUT2D eigenvalue weighted by molar-refractivity contribution is 5.89. The number of carbonyl (C=O) groups excluding carboxylic acids is 1. The minimum atomic E-state index is -4.51. The van der Waals surface area contributed by atoms with Crippen molar-refractivity contribution >= 4 is 11.7 Å². The van der Waals surface area contributed by atoms with Gasteiger partial charge in [-0.3, -0.25) is 0 Å². The summed E-state index contributed by atoms with van der Waals surface area (Å²) < 4.78 is 44.3. The Morgan fingerprint density at radius 1 is 1.15 bits per heavy atom. The van der Waals surface area contributed by atoms with Crippen LogP contribution >= 0.6 is 0 Å². The number of alkyl halides is 3. The van der Waals surface area contributed by atoms with Crippen LogP contribution in [-0.4, -0.2) is 36.2 Å². The van der Waals surface area contributed by atoms with Crippen molar-refractivity contribution in [3.05, 3.63) is 54.1 Å². The van der Waals surface area contributed by atoms with Gasteiger partial charge >= 0.3 is 12.2 Å². The molecule has 5 nitrogen and oxygen atoms in total. The first-order valence-corrected chi connectivity index (χ1v) is 7.88. The number of amides is 2. The topological polar surface area (TPSA) is 61.8 Å². The molecule has 26 heavy (non-hydrogen) atoms. The zero-order valence-corrected chi connectivity index (χ0v) is 14.1. The number of aliphatic hydroxyl groups excluding tert-OH is 1. The molecule has 8 heteroatoms. The van der Waals surface area contributed by atoms with E-state index in [1.807, 2.05) is 0 Å². The van der Waals surface area contributed by atoms with Crippen LogP contribution in [0.25, 0.3) is 0 Å². The normalized spacial score (nSPS) is 11.1. The number of ether oxygens (including phenoxy) is 1. The largest absolute Gasteiger partial charge is 0.457 e. The van der Waals surface area contributed by atoms with Gasteiger partial charge in [0.1, 0.15) is 11.5 Å². The van der Waals surface area contributed by atoms with Crippen molar-refractivity contribution in [1.82, 2.24) is 4.90 Å². The molecule has 2 rings (SSSR count). The molecule has 2 aromatic rings. The Morgan fingerprint density at radius 2 is 1.81 bits per heavy atom. The van der Waals surface area contributed by atoms with Crippen LogP contribution in [0.5, 0.6) is 11.5 Å². The lowest BCUT2D eigenvalue weighted by Crippen LogP contribution is -2.32. The number of benzene rings is 2. The van der Waals surface area contributed by atoms with Crippen LogP contribution in [0.4, 0.5) is 23.7 Å². The van der Waals surface area contributed by atoms with E-state index < -0.39 is 11.7 Å². The molecule has 0 aliphatic carbocycles. The molecule has 0 heterocycles. The van der Waals surface area contributed by atoms with Crippen LogP contribution in [0.15, 0.2) is 48.5 Å². The maximum Gasteiger partial charge on any atom is 0.419 e. The second kappa shape index (κ2) is 8.57. The third-order valence-electron chi connectivity index (χ3n) is 3.52. The van der Waals surface area contributed by atoms with Gasteiger partial charge in [0, 0.05) is 25.9 Å². The van der Waals surface area contributed by atoms with Crippen LogP contribution in [0, 0.1) is 0 Å². The quantitative estimate of drug-likeness (QED) is 0.797. The zero-order valence-electron chi connectivity index (χ0n) is 14.1. The number of para-hydroxylation sites is 1. The molecule has 0 fully saturated rings. The summed E-state index contributed by atoms with van der Waals surface area (Å²) in [6.45, 7) is 0.390. The first kappa shape index (κ1) is 19.6. The molecule has 0 spiro atoms. The van der Waals surface area contributed by atoms with E-state index in [9.17, 15) is 18.0 Å². The lowest BCUT2D eigenvalue weighted by Gasteiger charge is -2.17. The maximum absolute atomic E-state index is 13.0. The molecular weight excluding hydrogens is 349 g/mol. The van der Waals surface area contributed by atoms with Gasteiger partial charge in [-0.1, -0.05) is 12.1 Å². The first-order valence-electron chi connectivity index (χ1n) is 7.88. The Labute approximate surface area is 149 Å². The average Bonchev–Trinajstić information content (AvgIpc) is 2.60. The number of halogens is 3. The van der Waals surface area contributed by atoms with Crippen molar-refractivity contribution in [3.8, 4) is 11.5 Å². The van der Waals surface area contributed by atoms with E-state index in [2.05, 4.69) is 5.32 Å². The second-order valence-corrected chi connectivity index (χ2v) is 5.55. The Kier molecular flexibility index (Phi) is 6.46. The van der Waals surface area contributed by atoms with Gasteiger partial charge in [0.25, 0.3) is 0 Å². The van der Waals surface area contributed by atoms with Crippen LogP contribution in [0.1, 0.15) is 12.0 Å². The van der Waals surface area contributed by atoms with E-state index in [1.54, 1.807) is 7.05 Å². The van der Waals surface area contributed by atoms with Crippen molar-refractivity contribution in [2.45, 2.75) is 12.6 Å². The molecule has 0 aliphatic rings. The van der Waals surface area contributed by atoms with E-state index in [4.69, 9.17) is 9.84 Å². The summed E-state index contributed by atoms with van der Waals surface area (Å²) in [5.74, 6) is -0.0751. The SMILES string of the molecule is CN(CCCO)C(=O)Nc1ccc(Oc2ccccc2C(F)(F)F)cc1. The number of carbonyl (C=O) groups is 1. The number of nitrogens with one attached hydrogen (secondary N) is 1. The van der Waals surface area contributed by atoms with Crippen molar-refractivity contribution < 1.29 is 27.8 Å². The summed E-state index contributed by atoms with van der Waals surface area (Å²) in [4.78, 5) is 13.3. The number of rotatable bonds is 6. The highest BCUT2D eigenvalue weighted by atomic mass is 19.4. The highest BCUT2D eigenvalue weighted by Gasteiger charge is 2.34. The standard InChI is InChI=1S/C18H19F3N2O3/c1-23(11-4-12-24)17(25)22-13-7-9-14(10-8-13)26-16-6-3-2-5-15(16)18(19,20)21/h2-3,5-10,24H,4,11-12H2,1H3,(H,22,25). The van der Waals surface area contributed by atoms with Gasteiger partial charge in [0.15, 0.2) is 0 Å². The maximum atomic E-state index is 13.0. The minimum absolute atomic E-state index is 0.0109. The molecule has 2 amide bonds. The number of nitrogens with zero attached hydrogens (tertiary/aromatic N) is 1. The van der Waals surface area contributed by atoms with Gasteiger partial charge in [0.2, 0.25) is 0 Å². The molecular formula is C18H19F3N2O3. The molecule has 0 unspecified atom stereocenters. The van der Waals surface area contributed by atoms with E-state index >= 15 is 0 Å². The van der Waals surface area contributed by atoms with Crippen molar-refractivity contribution in [1.29, 1.82) is 0 Å². The number of anilines is 1. The fourth-order valence-electron chi connectivity index (χ4n) is 2.15. The van der Waals surface area contributed by atoms with Crippen LogP contribution in [0.3, 0.4) is 0 Å². The van der Waals surface area contributed by atoms with Crippen molar-refractivity contribution in [2.24, 2.45) is 0 Å². The lowest BCUT2D eigenvalue weighted by atomic mass is 10.2. The highest BCUT2D eigenvalue weighted by Crippen LogP contribution is 2.37. The smallest absolute Gasteiger partial charge is 0.419 e. The van der Waals surface area contributed by atoms with Gasteiger partial charge in [-0.05, 0) is 42.8 Å². The monoisotopic (exact) mass is 368 g/mol. The first-order chi connectivity index (χ1) is 12.3. The summed E-state index contributed by atoms with van der Waals surface area (Å²) in [6, 6.07) is 10.6. The molecule has 0 saturated carbocycles. The Morgan fingerprint density at radius 3 is 2.42 bits per heavy atom. The van der Waals surface area contributed by atoms with E-state index in [0.717, 1.165) is 6.07 Å². The Balaban J connectivity index is 2.04. The summed E-state index contributed by atoms with van der Waals surface area (Å²) in [5, 5.41) is 11.4. The van der Waals surface area contributed by atoms with E-state index in [0.29, 0.717) is 18.7 Å². The third kappa shape index (κ3) is 5.38. The van der Waals surface area contributed by atoms with Gasteiger partial charge in [-0.15, -0.1) is 0 Å². The average molecular weight is 368 g/mol. The number of aliphatic hydroxyl groups is 1. The van der Waals surface area contributed by atoms with Gasteiger partial charge in [0.05, 0.1) is 5.56 Å². The molecule has 0 radical (unpaired) electrons. The number of hydrogen-bond acceptors (Lipinski definition) is 3.